The molecular weight excluding hydrogens is 368 g/mol. The quantitative estimate of drug-likeness (QED) is 0.601. The van der Waals surface area contributed by atoms with E-state index in [4.69, 9.17) is 5.11 Å². The standard InChI is InChI=1S/C23H28N2O4/c1-15(2)14-20(25-22(28)19-7-5-4-6-16(19)3)23(29)24-18-11-8-17(9-12-18)10-13-21(26)27/h4-9,11-12,15,20H,10,13-14H2,1-3H3,(H,24,29)(H,25,28)(H,26,27). The van der Waals surface area contributed by atoms with Gasteiger partial charge in [-0.2, -0.15) is 0 Å². The second-order valence-electron chi connectivity index (χ2n) is 7.55. The van der Waals surface area contributed by atoms with Crippen LogP contribution >= 0.6 is 0 Å². The van der Waals surface area contributed by atoms with Gasteiger partial charge in [-0.3, -0.25) is 14.4 Å². The number of hydrogen-bond acceptors (Lipinski definition) is 3. The fourth-order valence-electron chi connectivity index (χ4n) is 3.00. The molecule has 6 nitrogen and oxygen atoms in total. The van der Waals surface area contributed by atoms with Gasteiger partial charge in [0.05, 0.1) is 0 Å². The maximum Gasteiger partial charge on any atom is 0.303 e. The third-order valence-corrected chi connectivity index (χ3v) is 4.57. The van der Waals surface area contributed by atoms with Crippen LogP contribution in [0.4, 0.5) is 5.69 Å². The monoisotopic (exact) mass is 396 g/mol. The first-order valence-electron chi connectivity index (χ1n) is 9.74. The molecule has 2 aromatic rings. The lowest BCUT2D eigenvalue weighted by atomic mass is 10.0. The van der Waals surface area contributed by atoms with E-state index in [1.54, 1.807) is 36.4 Å². The molecule has 0 aliphatic rings. The lowest BCUT2D eigenvalue weighted by Gasteiger charge is -2.21. The van der Waals surface area contributed by atoms with Crippen LogP contribution in [-0.2, 0) is 16.0 Å². The highest BCUT2D eigenvalue weighted by molar-refractivity contribution is 6.01. The summed E-state index contributed by atoms with van der Waals surface area (Å²) in [6.07, 6.45) is 1.01. The molecule has 0 radical (unpaired) electrons. The van der Waals surface area contributed by atoms with E-state index in [1.807, 2.05) is 32.9 Å². The highest BCUT2D eigenvalue weighted by atomic mass is 16.4. The fraction of sp³-hybridized carbons (Fsp3) is 0.348. The molecular formula is C23H28N2O4. The first kappa shape index (κ1) is 22.1. The molecule has 2 rings (SSSR count). The molecule has 0 bridgehead atoms. The number of rotatable bonds is 9. The molecule has 0 saturated carbocycles. The molecule has 0 aliphatic heterocycles. The molecule has 29 heavy (non-hydrogen) atoms. The van der Waals surface area contributed by atoms with Crippen LogP contribution in [0.2, 0.25) is 0 Å². The zero-order valence-corrected chi connectivity index (χ0v) is 17.1. The Kier molecular flexibility index (Phi) is 7.95. The van der Waals surface area contributed by atoms with Gasteiger partial charge in [0, 0.05) is 17.7 Å². The molecule has 6 heteroatoms. The van der Waals surface area contributed by atoms with Crippen molar-refractivity contribution in [2.24, 2.45) is 5.92 Å². The van der Waals surface area contributed by atoms with Gasteiger partial charge in [0.2, 0.25) is 5.91 Å². The van der Waals surface area contributed by atoms with Gasteiger partial charge in [-0.15, -0.1) is 0 Å². The Morgan fingerprint density at radius 3 is 2.24 bits per heavy atom. The van der Waals surface area contributed by atoms with Gasteiger partial charge >= 0.3 is 5.97 Å². The third kappa shape index (κ3) is 7.07. The average molecular weight is 396 g/mol. The number of amides is 2. The van der Waals surface area contributed by atoms with Crippen LogP contribution in [0.25, 0.3) is 0 Å². The summed E-state index contributed by atoms with van der Waals surface area (Å²) in [5, 5.41) is 14.5. The molecule has 2 amide bonds. The van der Waals surface area contributed by atoms with E-state index < -0.39 is 12.0 Å². The Balaban J connectivity index is 2.05. The van der Waals surface area contributed by atoms with Gasteiger partial charge in [-0.1, -0.05) is 44.2 Å². The van der Waals surface area contributed by atoms with E-state index >= 15 is 0 Å². The predicted molar refractivity (Wildman–Crippen MR) is 113 cm³/mol. The van der Waals surface area contributed by atoms with Crippen molar-refractivity contribution in [1.82, 2.24) is 5.32 Å². The second kappa shape index (κ2) is 10.4. The van der Waals surface area contributed by atoms with Crippen molar-refractivity contribution in [3.05, 3.63) is 65.2 Å². The van der Waals surface area contributed by atoms with E-state index in [0.29, 0.717) is 24.1 Å². The first-order chi connectivity index (χ1) is 13.8. The summed E-state index contributed by atoms with van der Waals surface area (Å²) < 4.78 is 0. The molecule has 2 aromatic carbocycles. The smallest absolute Gasteiger partial charge is 0.303 e. The number of aliphatic carboxylic acids is 1. The van der Waals surface area contributed by atoms with E-state index in [-0.39, 0.29) is 24.2 Å². The molecule has 0 heterocycles. The molecule has 0 spiro atoms. The van der Waals surface area contributed by atoms with Crippen molar-refractivity contribution in [1.29, 1.82) is 0 Å². The van der Waals surface area contributed by atoms with Gasteiger partial charge in [0.25, 0.3) is 5.91 Å². The number of hydrogen-bond donors (Lipinski definition) is 3. The Hall–Kier alpha value is -3.15. The summed E-state index contributed by atoms with van der Waals surface area (Å²) in [5.74, 6) is -1.17. The van der Waals surface area contributed by atoms with E-state index in [2.05, 4.69) is 10.6 Å². The number of nitrogens with one attached hydrogen (secondary N) is 2. The Morgan fingerprint density at radius 1 is 1.00 bits per heavy atom. The molecule has 1 unspecified atom stereocenters. The molecule has 0 saturated heterocycles. The maximum atomic E-state index is 12.8. The van der Waals surface area contributed by atoms with Crippen molar-refractivity contribution >= 4 is 23.5 Å². The molecule has 0 fully saturated rings. The van der Waals surface area contributed by atoms with Crippen molar-refractivity contribution < 1.29 is 19.5 Å². The van der Waals surface area contributed by atoms with Gasteiger partial charge in [-0.25, -0.2) is 0 Å². The van der Waals surface area contributed by atoms with Crippen molar-refractivity contribution in [3.63, 3.8) is 0 Å². The maximum absolute atomic E-state index is 12.8. The van der Waals surface area contributed by atoms with E-state index in [9.17, 15) is 14.4 Å². The van der Waals surface area contributed by atoms with Gasteiger partial charge in [0.15, 0.2) is 0 Å². The number of benzene rings is 2. The van der Waals surface area contributed by atoms with Crippen LogP contribution < -0.4 is 10.6 Å². The van der Waals surface area contributed by atoms with Crippen LogP contribution in [0.5, 0.6) is 0 Å². The van der Waals surface area contributed by atoms with E-state index in [1.165, 1.54) is 0 Å². The summed E-state index contributed by atoms with van der Waals surface area (Å²) >= 11 is 0. The average Bonchev–Trinajstić information content (AvgIpc) is 2.66. The molecule has 0 aromatic heterocycles. The second-order valence-corrected chi connectivity index (χ2v) is 7.55. The number of carboxylic acid groups (broad SMARTS) is 1. The summed E-state index contributed by atoms with van der Waals surface area (Å²) in [6, 6.07) is 13.7. The molecule has 3 N–H and O–H groups in total. The summed E-state index contributed by atoms with van der Waals surface area (Å²) in [6.45, 7) is 5.85. The minimum atomic E-state index is -0.844. The Morgan fingerprint density at radius 2 is 1.66 bits per heavy atom. The van der Waals surface area contributed by atoms with Gasteiger partial charge in [-0.05, 0) is 55.0 Å². The number of carbonyl (C=O) groups excluding carboxylic acids is 2. The lowest BCUT2D eigenvalue weighted by molar-refractivity contribution is -0.137. The lowest BCUT2D eigenvalue weighted by Crippen LogP contribution is -2.44. The normalized spacial score (nSPS) is 11.7. The van der Waals surface area contributed by atoms with Crippen LogP contribution in [0.3, 0.4) is 0 Å². The van der Waals surface area contributed by atoms with Crippen LogP contribution in [-0.4, -0.2) is 28.9 Å². The highest BCUT2D eigenvalue weighted by Gasteiger charge is 2.23. The largest absolute Gasteiger partial charge is 0.481 e. The summed E-state index contributed by atoms with van der Waals surface area (Å²) in [4.78, 5) is 36.1. The topological polar surface area (TPSA) is 95.5 Å². The SMILES string of the molecule is Cc1ccccc1C(=O)NC(CC(C)C)C(=O)Nc1ccc(CCC(=O)O)cc1. The zero-order chi connectivity index (χ0) is 21.4. The Labute approximate surface area is 171 Å². The molecule has 154 valence electrons. The van der Waals surface area contributed by atoms with Crippen molar-refractivity contribution in [2.75, 3.05) is 5.32 Å². The Bertz CT molecular complexity index is 859. The van der Waals surface area contributed by atoms with Crippen molar-refractivity contribution in [2.45, 2.75) is 46.1 Å². The fourth-order valence-corrected chi connectivity index (χ4v) is 3.00. The first-order valence-corrected chi connectivity index (χ1v) is 9.74. The number of carbonyl (C=O) groups is 3. The highest BCUT2D eigenvalue weighted by Crippen LogP contribution is 2.14. The van der Waals surface area contributed by atoms with Gasteiger partial charge in [0.1, 0.15) is 6.04 Å². The summed E-state index contributed by atoms with van der Waals surface area (Å²) in [5.41, 5.74) is 2.90. The molecule has 0 aliphatic carbocycles. The minimum Gasteiger partial charge on any atom is -0.481 e. The molecule has 1 atom stereocenters. The number of carboxylic acids is 1. The summed E-state index contributed by atoms with van der Waals surface area (Å²) in [7, 11) is 0. The van der Waals surface area contributed by atoms with Crippen LogP contribution in [0, 0.1) is 12.8 Å². The van der Waals surface area contributed by atoms with Crippen molar-refractivity contribution in [3.8, 4) is 0 Å². The van der Waals surface area contributed by atoms with Crippen LogP contribution in [0.15, 0.2) is 48.5 Å². The minimum absolute atomic E-state index is 0.0626. The van der Waals surface area contributed by atoms with E-state index in [0.717, 1.165) is 11.1 Å². The third-order valence-electron chi connectivity index (χ3n) is 4.57. The van der Waals surface area contributed by atoms with Gasteiger partial charge < -0.3 is 15.7 Å². The predicted octanol–water partition coefficient (Wildman–Crippen LogP) is 3.80. The number of aryl methyl sites for hydroxylation is 2. The van der Waals surface area contributed by atoms with Crippen LogP contribution in [0.1, 0.15) is 48.2 Å². The zero-order valence-electron chi connectivity index (χ0n) is 17.1. The number of anilines is 1.